The first-order valence-electron chi connectivity index (χ1n) is 6.71. The van der Waals surface area contributed by atoms with Crippen molar-refractivity contribution in [3.05, 3.63) is 66.2 Å². The highest BCUT2D eigenvalue weighted by Gasteiger charge is 2.29. The van der Waals surface area contributed by atoms with E-state index in [-0.39, 0.29) is 0 Å². The number of carbonyl (C=O) groups excluding carboxylic acids is 1. The summed E-state index contributed by atoms with van der Waals surface area (Å²) in [4.78, 5) is 13.0. The van der Waals surface area contributed by atoms with E-state index in [2.05, 4.69) is 0 Å². The molecule has 2 aromatic carbocycles. The zero-order valence-corrected chi connectivity index (χ0v) is 12.6. The Balaban J connectivity index is 2.09. The number of rotatable bonds is 6. The zero-order chi connectivity index (χ0) is 15.1. The molecule has 0 heterocycles. The molecule has 0 saturated carbocycles. The van der Waals surface area contributed by atoms with Crippen LogP contribution in [0.3, 0.4) is 0 Å². The van der Waals surface area contributed by atoms with Crippen molar-refractivity contribution in [2.24, 2.45) is 5.92 Å². The second-order valence-electron chi connectivity index (χ2n) is 4.61. The first kappa shape index (κ1) is 15.6. The summed E-state index contributed by atoms with van der Waals surface area (Å²) in [6.07, 6.45) is -0.866. The van der Waals surface area contributed by atoms with Crippen LogP contribution < -0.4 is 0 Å². The lowest BCUT2D eigenvalue weighted by Crippen LogP contribution is -2.25. The molecule has 0 amide bonds. The van der Waals surface area contributed by atoms with Crippen LogP contribution in [0.1, 0.15) is 11.7 Å². The maximum Gasteiger partial charge on any atom is 0.312 e. The molecule has 4 heteroatoms. The number of ether oxygens (including phenoxy) is 1. The third kappa shape index (κ3) is 4.34. The third-order valence-corrected chi connectivity index (χ3v) is 4.33. The lowest BCUT2D eigenvalue weighted by Gasteiger charge is -2.20. The maximum absolute atomic E-state index is 12.0. The highest BCUT2D eigenvalue weighted by atomic mass is 32.2. The lowest BCUT2D eigenvalue weighted by atomic mass is 9.97. The Kier molecular flexibility index (Phi) is 5.84. The van der Waals surface area contributed by atoms with Gasteiger partial charge in [0.25, 0.3) is 0 Å². The molecule has 2 atom stereocenters. The number of thioether (sulfide) groups is 1. The quantitative estimate of drug-likeness (QED) is 0.657. The minimum atomic E-state index is -0.866. The number of hydrogen-bond donors (Lipinski definition) is 1. The molecule has 0 bridgehead atoms. The van der Waals surface area contributed by atoms with Crippen LogP contribution in [0.4, 0.5) is 0 Å². The number of hydrogen-bond acceptors (Lipinski definition) is 4. The monoisotopic (exact) mass is 302 g/mol. The molecule has 110 valence electrons. The van der Waals surface area contributed by atoms with Gasteiger partial charge in [-0.2, -0.15) is 0 Å². The van der Waals surface area contributed by atoms with E-state index in [1.165, 1.54) is 18.9 Å². The topological polar surface area (TPSA) is 46.5 Å². The average Bonchev–Trinajstić information content (AvgIpc) is 2.56. The minimum absolute atomic E-state index is 0.394. The molecule has 1 N–H and O–H groups in total. The van der Waals surface area contributed by atoms with E-state index < -0.39 is 18.0 Å². The van der Waals surface area contributed by atoms with E-state index in [1.807, 2.05) is 60.7 Å². The van der Waals surface area contributed by atoms with E-state index in [0.29, 0.717) is 5.75 Å². The zero-order valence-electron chi connectivity index (χ0n) is 11.8. The first-order valence-corrected chi connectivity index (χ1v) is 7.69. The largest absolute Gasteiger partial charge is 0.469 e. The molecular weight excluding hydrogens is 284 g/mol. The van der Waals surface area contributed by atoms with E-state index in [4.69, 9.17) is 4.74 Å². The van der Waals surface area contributed by atoms with Gasteiger partial charge in [0, 0.05) is 10.6 Å². The highest BCUT2D eigenvalue weighted by Crippen LogP contribution is 2.29. The molecule has 0 unspecified atom stereocenters. The maximum atomic E-state index is 12.0. The predicted molar refractivity (Wildman–Crippen MR) is 84.1 cm³/mol. The molecule has 3 nitrogen and oxygen atoms in total. The Labute approximate surface area is 129 Å². The van der Waals surface area contributed by atoms with Gasteiger partial charge in [-0.1, -0.05) is 48.5 Å². The van der Waals surface area contributed by atoms with Crippen LogP contribution in [0.2, 0.25) is 0 Å². The number of aliphatic hydroxyl groups excluding tert-OH is 1. The number of esters is 1. The van der Waals surface area contributed by atoms with Crippen molar-refractivity contribution in [2.45, 2.75) is 11.0 Å². The fraction of sp³-hybridized carbons (Fsp3) is 0.235. The fourth-order valence-electron chi connectivity index (χ4n) is 2.02. The third-order valence-electron chi connectivity index (χ3n) is 3.20. The van der Waals surface area contributed by atoms with Crippen molar-refractivity contribution >= 4 is 17.7 Å². The Morgan fingerprint density at radius 2 is 1.67 bits per heavy atom. The van der Waals surface area contributed by atoms with Crippen LogP contribution in [0.25, 0.3) is 0 Å². The van der Waals surface area contributed by atoms with E-state index in [1.54, 1.807) is 0 Å². The second-order valence-corrected chi connectivity index (χ2v) is 5.70. The van der Waals surface area contributed by atoms with Gasteiger partial charge in [0.1, 0.15) is 0 Å². The molecule has 0 radical (unpaired) electrons. The fourth-order valence-corrected chi connectivity index (χ4v) is 3.06. The number of methoxy groups -OCH3 is 1. The summed E-state index contributed by atoms with van der Waals surface area (Å²) in [5.41, 5.74) is 0.724. The number of aliphatic hydroxyl groups is 1. The van der Waals surface area contributed by atoms with Gasteiger partial charge in [0.2, 0.25) is 0 Å². The van der Waals surface area contributed by atoms with Gasteiger partial charge in [0.15, 0.2) is 0 Å². The summed E-state index contributed by atoms with van der Waals surface area (Å²) in [5, 5.41) is 10.4. The van der Waals surface area contributed by atoms with Gasteiger partial charge in [-0.05, 0) is 17.7 Å². The van der Waals surface area contributed by atoms with Crippen LogP contribution in [0.5, 0.6) is 0 Å². The molecule has 2 aromatic rings. The van der Waals surface area contributed by atoms with Crippen molar-refractivity contribution in [1.29, 1.82) is 0 Å². The Morgan fingerprint density at radius 1 is 1.10 bits per heavy atom. The molecule has 0 aromatic heterocycles. The summed E-state index contributed by atoms with van der Waals surface area (Å²) in [6, 6.07) is 19.0. The number of carbonyl (C=O) groups is 1. The molecule has 0 aliphatic rings. The lowest BCUT2D eigenvalue weighted by molar-refractivity contribution is -0.148. The van der Waals surface area contributed by atoms with Gasteiger partial charge >= 0.3 is 5.97 Å². The minimum Gasteiger partial charge on any atom is -0.469 e. The highest BCUT2D eigenvalue weighted by molar-refractivity contribution is 7.99. The smallest absolute Gasteiger partial charge is 0.312 e. The van der Waals surface area contributed by atoms with Crippen molar-refractivity contribution < 1.29 is 14.6 Å². The summed E-state index contributed by atoms with van der Waals surface area (Å²) >= 11 is 1.53. The molecular formula is C17H18O3S. The first-order chi connectivity index (χ1) is 10.2. The van der Waals surface area contributed by atoms with E-state index in [9.17, 15) is 9.90 Å². The van der Waals surface area contributed by atoms with E-state index >= 15 is 0 Å². The van der Waals surface area contributed by atoms with Gasteiger partial charge in [-0.15, -0.1) is 11.8 Å². The molecule has 0 fully saturated rings. The normalized spacial score (nSPS) is 13.4. The van der Waals surface area contributed by atoms with Gasteiger partial charge < -0.3 is 9.84 Å². The molecule has 2 rings (SSSR count). The summed E-state index contributed by atoms with van der Waals surface area (Å²) < 4.78 is 4.83. The summed E-state index contributed by atoms with van der Waals surface area (Å²) in [6.45, 7) is 0. The molecule has 0 spiro atoms. The standard InChI is InChI=1S/C17H18O3S/c1-20-17(19)15(12-21-14-10-6-3-7-11-14)16(18)13-8-4-2-5-9-13/h2-11,15-16,18H,12H2,1H3/t15-,16-/m1/s1. The van der Waals surface area contributed by atoms with Gasteiger partial charge in [-0.3, -0.25) is 4.79 Å². The van der Waals surface area contributed by atoms with Crippen molar-refractivity contribution in [3.63, 3.8) is 0 Å². The Morgan fingerprint density at radius 3 is 2.24 bits per heavy atom. The second kappa shape index (κ2) is 7.86. The number of benzene rings is 2. The van der Waals surface area contributed by atoms with Crippen molar-refractivity contribution in [2.75, 3.05) is 12.9 Å². The van der Waals surface area contributed by atoms with Crippen molar-refractivity contribution in [3.8, 4) is 0 Å². The van der Waals surface area contributed by atoms with Gasteiger partial charge in [-0.25, -0.2) is 0 Å². The van der Waals surface area contributed by atoms with Gasteiger partial charge in [0.05, 0.1) is 19.1 Å². The van der Waals surface area contributed by atoms with Crippen LogP contribution in [-0.2, 0) is 9.53 Å². The summed E-state index contributed by atoms with van der Waals surface area (Å²) in [7, 11) is 1.35. The molecule has 0 saturated heterocycles. The van der Waals surface area contributed by atoms with E-state index in [0.717, 1.165) is 10.5 Å². The molecule has 21 heavy (non-hydrogen) atoms. The van der Waals surface area contributed by atoms with Crippen LogP contribution in [0, 0.1) is 5.92 Å². The average molecular weight is 302 g/mol. The predicted octanol–water partition coefficient (Wildman–Crippen LogP) is 3.30. The van der Waals surface area contributed by atoms with Crippen LogP contribution >= 0.6 is 11.8 Å². The Bertz CT molecular complexity index is 557. The summed E-state index contributed by atoms with van der Waals surface area (Å²) in [5.74, 6) is -0.524. The SMILES string of the molecule is COC(=O)[C@H](CSc1ccccc1)[C@H](O)c1ccccc1. The van der Waals surface area contributed by atoms with Crippen LogP contribution in [0.15, 0.2) is 65.6 Å². The molecule has 0 aliphatic heterocycles. The van der Waals surface area contributed by atoms with Crippen LogP contribution in [-0.4, -0.2) is 23.9 Å². The molecule has 0 aliphatic carbocycles. The van der Waals surface area contributed by atoms with Crippen molar-refractivity contribution in [1.82, 2.24) is 0 Å². The Hall–Kier alpha value is -1.78.